The van der Waals surface area contributed by atoms with Gasteiger partial charge in [-0.15, -0.1) is 0 Å². The lowest BCUT2D eigenvalue weighted by Crippen LogP contribution is -2.10. The second kappa shape index (κ2) is 4.63. The molecule has 0 aliphatic rings. The first-order valence-electron chi connectivity index (χ1n) is 4.85. The molecule has 1 heterocycles. The summed E-state index contributed by atoms with van der Waals surface area (Å²) in [6.45, 7) is 0.664. The zero-order valence-corrected chi connectivity index (χ0v) is 9.28. The molecule has 1 aromatic carbocycles. The standard InChI is InChI=1S/C11H11ClFN3/c12-9-2-1-3-10(13)8(9)7-16-5-4-15-11(16)6-14/h1-5H,6-7,14H2. The van der Waals surface area contributed by atoms with E-state index in [2.05, 4.69) is 4.98 Å². The molecule has 0 fully saturated rings. The van der Waals surface area contributed by atoms with E-state index in [0.717, 1.165) is 0 Å². The minimum atomic E-state index is -0.316. The number of imidazole rings is 1. The molecule has 0 radical (unpaired) electrons. The van der Waals surface area contributed by atoms with E-state index in [0.29, 0.717) is 29.5 Å². The van der Waals surface area contributed by atoms with Crippen LogP contribution in [-0.4, -0.2) is 9.55 Å². The lowest BCUT2D eigenvalue weighted by Gasteiger charge is -2.09. The molecular formula is C11H11ClFN3. The molecule has 0 spiro atoms. The van der Waals surface area contributed by atoms with Gasteiger partial charge in [-0.1, -0.05) is 17.7 Å². The molecular weight excluding hydrogens is 229 g/mol. The highest BCUT2D eigenvalue weighted by Gasteiger charge is 2.09. The van der Waals surface area contributed by atoms with Crippen molar-refractivity contribution >= 4 is 11.6 Å². The van der Waals surface area contributed by atoms with E-state index in [-0.39, 0.29) is 5.82 Å². The maximum absolute atomic E-state index is 13.5. The summed E-state index contributed by atoms with van der Waals surface area (Å²) >= 11 is 5.94. The van der Waals surface area contributed by atoms with Gasteiger partial charge in [0.2, 0.25) is 0 Å². The predicted molar refractivity (Wildman–Crippen MR) is 60.6 cm³/mol. The van der Waals surface area contributed by atoms with Crippen LogP contribution in [0.25, 0.3) is 0 Å². The summed E-state index contributed by atoms with van der Waals surface area (Å²) in [6.07, 6.45) is 3.39. The van der Waals surface area contributed by atoms with Gasteiger partial charge in [0.1, 0.15) is 11.6 Å². The highest BCUT2D eigenvalue weighted by molar-refractivity contribution is 6.31. The molecule has 0 atom stereocenters. The van der Waals surface area contributed by atoms with Crippen LogP contribution in [-0.2, 0) is 13.1 Å². The van der Waals surface area contributed by atoms with Gasteiger partial charge >= 0.3 is 0 Å². The number of rotatable bonds is 3. The average molecular weight is 240 g/mol. The van der Waals surface area contributed by atoms with E-state index < -0.39 is 0 Å². The number of benzene rings is 1. The van der Waals surface area contributed by atoms with Crippen LogP contribution >= 0.6 is 11.6 Å². The molecule has 0 saturated heterocycles. The van der Waals surface area contributed by atoms with Crippen molar-refractivity contribution in [3.05, 3.63) is 52.8 Å². The Kier molecular flexibility index (Phi) is 3.22. The van der Waals surface area contributed by atoms with Crippen molar-refractivity contribution in [3.63, 3.8) is 0 Å². The third-order valence-corrected chi connectivity index (χ3v) is 2.73. The zero-order chi connectivity index (χ0) is 11.5. The van der Waals surface area contributed by atoms with Crippen molar-refractivity contribution in [2.45, 2.75) is 13.1 Å². The van der Waals surface area contributed by atoms with E-state index >= 15 is 0 Å². The van der Waals surface area contributed by atoms with Gasteiger partial charge in [0.05, 0.1) is 13.1 Å². The summed E-state index contributed by atoms with van der Waals surface area (Å²) in [4.78, 5) is 4.06. The summed E-state index contributed by atoms with van der Waals surface area (Å²) < 4.78 is 15.3. The number of aromatic nitrogens is 2. The lowest BCUT2D eigenvalue weighted by molar-refractivity contribution is 0.594. The van der Waals surface area contributed by atoms with Crippen molar-refractivity contribution in [1.82, 2.24) is 9.55 Å². The smallest absolute Gasteiger partial charge is 0.129 e. The van der Waals surface area contributed by atoms with E-state index in [1.807, 2.05) is 0 Å². The van der Waals surface area contributed by atoms with Crippen LogP contribution < -0.4 is 5.73 Å². The third kappa shape index (κ3) is 2.08. The van der Waals surface area contributed by atoms with E-state index in [9.17, 15) is 4.39 Å². The van der Waals surface area contributed by atoms with Gasteiger partial charge in [0.25, 0.3) is 0 Å². The lowest BCUT2D eigenvalue weighted by atomic mass is 10.2. The van der Waals surface area contributed by atoms with Gasteiger partial charge in [-0.05, 0) is 12.1 Å². The number of nitrogens with two attached hydrogens (primary N) is 1. The van der Waals surface area contributed by atoms with Crippen LogP contribution in [0.5, 0.6) is 0 Å². The summed E-state index contributed by atoms with van der Waals surface area (Å²) in [7, 11) is 0. The number of halogens is 2. The van der Waals surface area contributed by atoms with Crippen LogP contribution in [0.1, 0.15) is 11.4 Å². The predicted octanol–water partition coefficient (Wildman–Crippen LogP) is 2.18. The number of hydrogen-bond donors (Lipinski definition) is 1. The van der Waals surface area contributed by atoms with Crippen LogP contribution in [0.4, 0.5) is 4.39 Å². The molecule has 0 amide bonds. The first-order chi connectivity index (χ1) is 7.72. The Morgan fingerprint density at radius 2 is 2.25 bits per heavy atom. The summed E-state index contributed by atoms with van der Waals surface area (Å²) in [5.41, 5.74) is 5.97. The first-order valence-corrected chi connectivity index (χ1v) is 5.23. The van der Waals surface area contributed by atoms with Crippen LogP contribution in [0.2, 0.25) is 5.02 Å². The van der Waals surface area contributed by atoms with E-state index in [1.165, 1.54) is 6.07 Å². The Balaban J connectivity index is 2.34. The Labute approximate surface area is 97.7 Å². The maximum atomic E-state index is 13.5. The quantitative estimate of drug-likeness (QED) is 0.892. The summed E-state index contributed by atoms with van der Waals surface area (Å²) in [5, 5.41) is 0.414. The Hall–Kier alpha value is -1.39. The monoisotopic (exact) mass is 239 g/mol. The molecule has 0 aliphatic carbocycles. The van der Waals surface area contributed by atoms with Crippen LogP contribution in [0.3, 0.4) is 0 Å². The second-order valence-corrected chi connectivity index (χ2v) is 3.78. The van der Waals surface area contributed by atoms with Crippen molar-refractivity contribution < 1.29 is 4.39 Å². The molecule has 2 aromatic rings. The zero-order valence-electron chi connectivity index (χ0n) is 8.53. The molecule has 1 aromatic heterocycles. The van der Waals surface area contributed by atoms with E-state index in [4.69, 9.17) is 17.3 Å². The van der Waals surface area contributed by atoms with Crippen molar-refractivity contribution in [3.8, 4) is 0 Å². The molecule has 2 rings (SSSR count). The van der Waals surface area contributed by atoms with Gasteiger partial charge in [-0.3, -0.25) is 0 Å². The van der Waals surface area contributed by atoms with Crippen molar-refractivity contribution in [1.29, 1.82) is 0 Å². The largest absolute Gasteiger partial charge is 0.329 e. The highest BCUT2D eigenvalue weighted by atomic mass is 35.5. The van der Waals surface area contributed by atoms with Gasteiger partial charge < -0.3 is 10.3 Å². The topological polar surface area (TPSA) is 43.8 Å². The van der Waals surface area contributed by atoms with E-state index in [1.54, 1.807) is 29.1 Å². The van der Waals surface area contributed by atoms with Gasteiger partial charge in [0.15, 0.2) is 0 Å². The molecule has 3 nitrogen and oxygen atoms in total. The number of nitrogens with zero attached hydrogens (tertiary/aromatic N) is 2. The Morgan fingerprint density at radius 3 is 2.94 bits per heavy atom. The third-order valence-electron chi connectivity index (χ3n) is 2.37. The van der Waals surface area contributed by atoms with Crippen LogP contribution in [0.15, 0.2) is 30.6 Å². The fourth-order valence-corrected chi connectivity index (χ4v) is 1.75. The molecule has 16 heavy (non-hydrogen) atoms. The molecule has 2 N–H and O–H groups in total. The molecule has 0 aliphatic heterocycles. The average Bonchev–Trinajstić information content (AvgIpc) is 2.71. The van der Waals surface area contributed by atoms with Gasteiger partial charge in [-0.2, -0.15) is 0 Å². The SMILES string of the molecule is NCc1nccn1Cc1c(F)cccc1Cl. The number of hydrogen-bond acceptors (Lipinski definition) is 2. The highest BCUT2D eigenvalue weighted by Crippen LogP contribution is 2.20. The molecule has 0 bridgehead atoms. The fraction of sp³-hybridized carbons (Fsp3) is 0.182. The van der Waals surface area contributed by atoms with Gasteiger partial charge in [-0.25, -0.2) is 9.37 Å². The molecule has 0 unspecified atom stereocenters. The minimum absolute atomic E-state index is 0.316. The summed E-state index contributed by atoms with van der Waals surface area (Å²) in [5.74, 6) is 0.392. The summed E-state index contributed by atoms with van der Waals surface area (Å²) in [6, 6.07) is 4.64. The van der Waals surface area contributed by atoms with Crippen LogP contribution in [0, 0.1) is 5.82 Å². The fourth-order valence-electron chi connectivity index (χ4n) is 1.53. The Morgan fingerprint density at radius 1 is 1.44 bits per heavy atom. The molecule has 0 saturated carbocycles. The van der Waals surface area contributed by atoms with Gasteiger partial charge in [0, 0.05) is 23.0 Å². The normalized spacial score (nSPS) is 10.7. The first kappa shape index (κ1) is 11.1. The van der Waals surface area contributed by atoms with Crippen molar-refractivity contribution in [2.75, 3.05) is 0 Å². The van der Waals surface area contributed by atoms with Crippen molar-refractivity contribution in [2.24, 2.45) is 5.73 Å². The minimum Gasteiger partial charge on any atom is -0.329 e. The molecule has 84 valence electrons. The molecule has 5 heteroatoms. The Bertz CT molecular complexity index is 475. The maximum Gasteiger partial charge on any atom is 0.129 e. The second-order valence-electron chi connectivity index (χ2n) is 3.38.